The zero-order valence-electron chi connectivity index (χ0n) is 19.6. The van der Waals surface area contributed by atoms with E-state index in [0.717, 1.165) is 24.3 Å². The number of amides is 1. The minimum Gasteiger partial charge on any atom is -0.507 e. The van der Waals surface area contributed by atoms with E-state index in [1.54, 1.807) is 26.8 Å². The number of anilines is 1. The molecule has 192 valence electrons. The summed E-state index contributed by atoms with van der Waals surface area (Å²) >= 11 is 0. The summed E-state index contributed by atoms with van der Waals surface area (Å²) in [5.41, 5.74) is -5.19. The summed E-state index contributed by atoms with van der Waals surface area (Å²) in [5, 5.41) is 13.4. The minimum absolute atomic E-state index is 0.0320. The fourth-order valence-electron chi connectivity index (χ4n) is 3.63. The smallest absolute Gasteiger partial charge is 0.501 e. The predicted molar refractivity (Wildman–Crippen MR) is 125 cm³/mol. The highest BCUT2D eigenvalue weighted by Gasteiger charge is 2.46. The van der Waals surface area contributed by atoms with Gasteiger partial charge in [-0.25, -0.2) is 17.2 Å². The van der Waals surface area contributed by atoms with Gasteiger partial charge in [-0.3, -0.25) is 4.79 Å². The lowest BCUT2D eigenvalue weighted by atomic mass is 9.81. The van der Waals surface area contributed by atoms with Crippen LogP contribution in [-0.2, 0) is 15.3 Å². The number of phenolic OH excluding ortho intramolecular Hbond substituents is 1. The molecule has 0 aromatic heterocycles. The van der Waals surface area contributed by atoms with Gasteiger partial charge in [0, 0.05) is 11.3 Å². The molecule has 0 saturated heterocycles. The van der Waals surface area contributed by atoms with E-state index in [-0.39, 0.29) is 28.1 Å². The second kappa shape index (κ2) is 9.20. The van der Waals surface area contributed by atoms with Crippen LogP contribution in [0.25, 0.3) is 11.1 Å². The number of alkyl halides is 3. The van der Waals surface area contributed by atoms with Crippen molar-refractivity contribution in [1.82, 2.24) is 0 Å². The Labute approximate surface area is 204 Å². The number of rotatable bonds is 4. The van der Waals surface area contributed by atoms with Gasteiger partial charge in [-0.05, 0) is 71.5 Å². The number of hydrogen-bond donors (Lipinski definition) is 2. The Hall–Kier alpha value is -3.47. The standard InChI is InChI=1S/C25H22F5NO4S/c1-13-17(14-5-10-19(26)20(27)11-14)12-18(24(2,3)4)22(32)21(13)23(33)31-15-6-8-16(9-7-15)36(34,35)25(28,29)30/h5-12,32H,1-4H3,(H,31,33). The lowest BCUT2D eigenvalue weighted by Gasteiger charge is -2.25. The van der Waals surface area contributed by atoms with E-state index >= 15 is 0 Å². The summed E-state index contributed by atoms with van der Waals surface area (Å²) in [4.78, 5) is 12.2. The third-order valence-corrected chi connectivity index (χ3v) is 7.05. The number of benzene rings is 3. The maximum absolute atomic E-state index is 13.9. The lowest BCUT2D eigenvalue weighted by molar-refractivity contribution is -0.0436. The molecule has 1 amide bonds. The van der Waals surface area contributed by atoms with Gasteiger partial charge in [0.2, 0.25) is 0 Å². The van der Waals surface area contributed by atoms with Crippen LogP contribution in [0.5, 0.6) is 5.75 Å². The summed E-state index contributed by atoms with van der Waals surface area (Å²) in [7, 11) is -5.56. The molecule has 36 heavy (non-hydrogen) atoms. The fraction of sp³-hybridized carbons (Fsp3) is 0.240. The van der Waals surface area contributed by atoms with Crippen LogP contribution < -0.4 is 5.32 Å². The highest BCUT2D eigenvalue weighted by atomic mass is 32.2. The van der Waals surface area contributed by atoms with Crippen molar-refractivity contribution < 1.29 is 40.3 Å². The maximum atomic E-state index is 13.9. The van der Waals surface area contributed by atoms with E-state index in [4.69, 9.17) is 0 Å². The van der Waals surface area contributed by atoms with Crippen LogP contribution in [0.1, 0.15) is 42.3 Å². The van der Waals surface area contributed by atoms with Gasteiger partial charge in [0.05, 0.1) is 10.5 Å². The summed E-state index contributed by atoms with van der Waals surface area (Å²) in [6, 6.07) is 8.15. The van der Waals surface area contributed by atoms with Crippen molar-refractivity contribution in [3.8, 4) is 16.9 Å². The Balaban J connectivity index is 2.09. The van der Waals surface area contributed by atoms with Gasteiger partial charge in [0.15, 0.2) is 11.6 Å². The average Bonchev–Trinajstić information content (AvgIpc) is 2.74. The number of phenols is 1. The zero-order valence-corrected chi connectivity index (χ0v) is 20.4. The molecule has 0 heterocycles. The fourth-order valence-corrected chi connectivity index (χ4v) is 4.39. The highest BCUT2D eigenvalue weighted by molar-refractivity contribution is 7.92. The van der Waals surface area contributed by atoms with Crippen LogP contribution in [-0.4, -0.2) is 24.9 Å². The molecule has 3 aromatic carbocycles. The van der Waals surface area contributed by atoms with Crippen LogP contribution in [0.4, 0.5) is 27.6 Å². The first-order valence-electron chi connectivity index (χ1n) is 10.5. The number of aromatic hydroxyl groups is 1. The molecule has 2 N–H and O–H groups in total. The topological polar surface area (TPSA) is 83.5 Å². The van der Waals surface area contributed by atoms with Crippen molar-refractivity contribution in [3.63, 3.8) is 0 Å². The molecule has 11 heteroatoms. The van der Waals surface area contributed by atoms with Crippen LogP contribution in [0, 0.1) is 18.6 Å². The van der Waals surface area contributed by atoms with E-state index in [1.165, 1.54) is 13.0 Å². The number of hydrogen-bond acceptors (Lipinski definition) is 4. The largest absolute Gasteiger partial charge is 0.507 e. The Kier molecular flexibility index (Phi) is 6.93. The van der Waals surface area contributed by atoms with Crippen LogP contribution >= 0.6 is 0 Å². The molecule has 0 unspecified atom stereocenters. The number of carbonyl (C=O) groups excluding carboxylic acids is 1. The number of nitrogens with one attached hydrogen (secondary N) is 1. The summed E-state index contributed by atoms with van der Waals surface area (Å²) in [5.74, 6) is -3.36. The second-order valence-electron chi connectivity index (χ2n) is 9.13. The molecule has 0 aliphatic heterocycles. The van der Waals surface area contributed by atoms with Gasteiger partial charge in [-0.1, -0.05) is 26.8 Å². The Bertz CT molecular complexity index is 1440. The first-order valence-corrected chi connectivity index (χ1v) is 12.0. The summed E-state index contributed by atoms with van der Waals surface area (Å²) < 4.78 is 88.8. The highest BCUT2D eigenvalue weighted by Crippen LogP contribution is 2.41. The third kappa shape index (κ3) is 5.06. The van der Waals surface area contributed by atoms with Crippen molar-refractivity contribution in [1.29, 1.82) is 0 Å². The predicted octanol–water partition coefficient (Wildman–Crippen LogP) is 6.49. The summed E-state index contributed by atoms with van der Waals surface area (Å²) in [6.45, 7) is 6.81. The number of sulfone groups is 1. The number of carbonyl (C=O) groups is 1. The lowest BCUT2D eigenvalue weighted by Crippen LogP contribution is -2.23. The monoisotopic (exact) mass is 527 g/mol. The molecule has 3 aromatic rings. The quantitative estimate of drug-likeness (QED) is 0.380. The van der Waals surface area contributed by atoms with Gasteiger partial charge >= 0.3 is 5.51 Å². The van der Waals surface area contributed by atoms with E-state index in [9.17, 15) is 40.3 Å². The van der Waals surface area contributed by atoms with E-state index in [2.05, 4.69) is 5.32 Å². The Morgan fingerprint density at radius 2 is 1.50 bits per heavy atom. The number of halogens is 5. The molecular weight excluding hydrogens is 505 g/mol. The van der Waals surface area contributed by atoms with Gasteiger partial charge < -0.3 is 10.4 Å². The van der Waals surface area contributed by atoms with Crippen molar-refractivity contribution in [2.75, 3.05) is 5.32 Å². The van der Waals surface area contributed by atoms with Crippen molar-refractivity contribution in [3.05, 3.63) is 76.9 Å². The molecule has 0 aliphatic rings. The van der Waals surface area contributed by atoms with Gasteiger partial charge in [0.1, 0.15) is 5.75 Å². The molecule has 0 atom stereocenters. The SMILES string of the molecule is Cc1c(-c2ccc(F)c(F)c2)cc(C(C)(C)C)c(O)c1C(=O)Nc1ccc(S(=O)(=O)C(F)(F)F)cc1. The molecule has 0 radical (unpaired) electrons. The van der Waals surface area contributed by atoms with Crippen molar-refractivity contribution in [2.24, 2.45) is 0 Å². The first-order chi connectivity index (χ1) is 16.4. The first kappa shape index (κ1) is 27.1. The molecule has 0 bridgehead atoms. The zero-order chi connectivity index (χ0) is 27.2. The molecule has 0 saturated carbocycles. The van der Waals surface area contributed by atoms with E-state index in [0.29, 0.717) is 23.3 Å². The molecule has 3 rings (SSSR count). The van der Waals surface area contributed by atoms with Gasteiger partial charge in [-0.2, -0.15) is 13.2 Å². The normalized spacial score (nSPS) is 12.5. The van der Waals surface area contributed by atoms with Crippen molar-refractivity contribution >= 4 is 21.4 Å². The van der Waals surface area contributed by atoms with Crippen molar-refractivity contribution in [2.45, 2.75) is 43.5 Å². The molecule has 0 fully saturated rings. The average molecular weight is 528 g/mol. The van der Waals surface area contributed by atoms with Crippen LogP contribution in [0.3, 0.4) is 0 Å². The maximum Gasteiger partial charge on any atom is 0.501 e. The van der Waals surface area contributed by atoms with Gasteiger partial charge in [0.25, 0.3) is 15.7 Å². The molecule has 5 nitrogen and oxygen atoms in total. The van der Waals surface area contributed by atoms with E-state index in [1.807, 2.05) is 0 Å². The minimum atomic E-state index is -5.56. The third-order valence-electron chi connectivity index (χ3n) is 5.55. The molecular formula is C25H22F5NO4S. The molecule has 0 spiro atoms. The van der Waals surface area contributed by atoms with E-state index < -0.39 is 43.2 Å². The Morgan fingerprint density at radius 3 is 2.00 bits per heavy atom. The Morgan fingerprint density at radius 1 is 0.917 bits per heavy atom. The molecule has 0 aliphatic carbocycles. The summed E-state index contributed by atoms with van der Waals surface area (Å²) in [6.07, 6.45) is 0. The van der Waals surface area contributed by atoms with Gasteiger partial charge in [-0.15, -0.1) is 0 Å². The second-order valence-corrected chi connectivity index (χ2v) is 11.1. The van der Waals surface area contributed by atoms with Crippen LogP contribution in [0.15, 0.2) is 53.4 Å². The van der Waals surface area contributed by atoms with Crippen LogP contribution in [0.2, 0.25) is 0 Å².